The Hall–Kier alpha value is -2.07. The molecular weight excluding hydrogens is 329 g/mol. The number of nitrogens with one attached hydrogen (secondary N) is 1. The van der Waals surface area contributed by atoms with Gasteiger partial charge in [-0.05, 0) is 56.9 Å². The van der Waals surface area contributed by atoms with E-state index in [1.54, 1.807) is 13.2 Å². The first kappa shape index (κ1) is 17.3. The van der Waals surface area contributed by atoms with Crippen LogP contribution in [-0.4, -0.2) is 23.4 Å². The van der Waals surface area contributed by atoms with Gasteiger partial charge in [-0.3, -0.25) is 0 Å². The zero-order chi connectivity index (χ0) is 18.7. The van der Waals surface area contributed by atoms with Gasteiger partial charge in [0.2, 0.25) is 0 Å². The van der Waals surface area contributed by atoms with Gasteiger partial charge in [0, 0.05) is 22.2 Å². The number of benzene rings is 2. The minimum atomic E-state index is -0.872. The highest BCUT2D eigenvalue weighted by Crippen LogP contribution is 2.59. The minimum absolute atomic E-state index is 0.288. The molecule has 2 unspecified atom stereocenters. The predicted octanol–water partition coefficient (Wildman–Crippen LogP) is 4.88. The fourth-order valence-corrected chi connectivity index (χ4v) is 5.19. The van der Waals surface area contributed by atoms with Crippen LogP contribution in [0.4, 0.5) is 10.1 Å². The van der Waals surface area contributed by atoms with Crippen LogP contribution in [0.25, 0.3) is 11.1 Å². The average molecular weight is 355 g/mol. The van der Waals surface area contributed by atoms with E-state index in [1.807, 2.05) is 44.2 Å². The molecule has 138 valence electrons. The van der Waals surface area contributed by atoms with Crippen LogP contribution in [0.5, 0.6) is 5.75 Å². The van der Waals surface area contributed by atoms with Crippen molar-refractivity contribution in [2.45, 2.75) is 56.6 Å². The highest BCUT2D eigenvalue weighted by Gasteiger charge is 2.62. The van der Waals surface area contributed by atoms with E-state index in [0.717, 1.165) is 36.1 Å². The van der Waals surface area contributed by atoms with E-state index in [2.05, 4.69) is 12.2 Å². The molecule has 0 amide bonds. The number of methoxy groups -OCH3 is 1. The summed E-state index contributed by atoms with van der Waals surface area (Å²) in [5.74, 6) is 0.353. The lowest BCUT2D eigenvalue weighted by Crippen LogP contribution is -2.65. The largest absolute Gasteiger partial charge is 0.496 e. The molecule has 1 fully saturated rings. The van der Waals surface area contributed by atoms with E-state index in [-0.39, 0.29) is 5.82 Å². The maximum Gasteiger partial charge on any atom is 0.133 e. The summed E-state index contributed by atoms with van der Waals surface area (Å²) < 4.78 is 20.5. The molecule has 0 bridgehead atoms. The molecule has 0 spiro atoms. The van der Waals surface area contributed by atoms with Gasteiger partial charge in [-0.25, -0.2) is 4.39 Å². The van der Waals surface area contributed by atoms with E-state index in [1.165, 1.54) is 0 Å². The maximum absolute atomic E-state index is 15.0. The smallest absolute Gasteiger partial charge is 0.133 e. The van der Waals surface area contributed by atoms with Gasteiger partial charge in [-0.15, -0.1) is 0 Å². The average Bonchev–Trinajstić information content (AvgIpc) is 2.92. The summed E-state index contributed by atoms with van der Waals surface area (Å²) in [7, 11) is 1.59. The summed E-state index contributed by atoms with van der Waals surface area (Å²) >= 11 is 0. The van der Waals surface area contributed by atoms with Crippen LogP contribution in [-0.2, 0) is 5.41 Å². The van der Waals surface area contributed by atoms with Gasteiger partial charge in [0.05, 0.1) is 18.2 Å². The zero-order valence-electron chi connectivity index (χ0n) is 15.8. The summed E-state index contributed by atoms with van der Waals surface area (Å²) in [6.45, 7) is 6.13. The number of hydrogen-bond donors (Lipinski definition) is 2. The van der Waals surface area contributed by atoms with Crippen molar-refractivity contribution in [1.29, 1.82) is 0 Å². The molecule has 0 aromatic heterocycles. The van der Waals surface area contributed by atoms with Crippen LogP contribution >= 0.6 is 0 Å². The molecule has 2 aliphatic rings. The van der Waals surface area contributed by atoms with E-state index in [4.69, 9.17) is 4.74 Å². The van der Waals surface area contributed by atoms with Crippen molar-refractivity contribution in [3.05, 3.63) is 47.8 Å². The number of hydrogen-bond acceptors (Lipinski definition) is 3. The van der Waals surface area contributed by atoms with Crippen molar-refractivity contribution in [2.24, 2.45) is 0 Å². The molecule has 4 heteroatoms. The molecule has 0 radical (unpaired) electrons. The van der Waals surface area contributed by atoms with Crippen molar-refractivity contribution in [2.75, 3.05) is 12.4 Å². The highest BCUT2D eigenvalue weighted by molar-refractivity contribution is 5.76. The van der Waals surface area contributed by atoms with Crippen molar-refractivity contribution in [1.82, 2.24) is 0 Å². The molecule has 0 saturated heterocycles. The van der Waals surface area contributed by atoms with Crippen LogP contribution < -0.4 is 10.1 Å². The van der Waals surface area contributed by atoms with Crippen LogP contribution in [0, 0.1) is 5.82 Å². The van der Waals surface area contributed by atoms with Crippen molar-refractivity contribution >= 4 is 5.69 Å². The summed E-state index contributed by atoms with van der Waals surface area (Å²) in [5.41, 5.74) is 1.19. The monoisotopic (exact) mass is 355 g/mol. The number of fused-ring (bicyclic) bond motifs is 3. The van der Waals surface area contributed by atoms with Gasteiger partial charge in [0.15, 0.2) is 0 Å². The number of rotatable bonds is 2. The van der Waals surface area contributed by atoms with Crippen LogP contribution in [0.1, 0.15) is 45.6 Å². The second-order valence-electron chi connectivity index (χ2n) is 8.37. The van der Waals surface area contributed by atoms with Crippen molar-refractivity contribution in [3.8, 4) is 16.9 Å². The molecule has 4 rings (SSSR count). The standard InChI is InChI=1S/C22H26FNO2/c1-20(2)22(25)11-7-10-21(22,3)16-12-15(17(23)13-18(16)24-20)14-8-5-6-9-19(14)26-4/h5-6,8-9,12-13,24-25H,7,10-11H2,1-4H3. The topological polar surface area (TPSA) is 41.5 Å². The lowest BCUT2D eigenvalue weighted by atomic mass is 9.60. The van der Waals surface area contributed by atoms with E-state index in [9.17, 15) is 5.11 Å². The molecule has 1 saturated carbocycles. The molecule has 1 aliphatic heterocycles. The van der Waals surface area contributed by atoms with Gasteiger partial charge < -0.3 is 15.2 Å². The second-order valence-corrected chi connectivity index (χ2v) is 8.37. The maximum atomic E-state index is 15.0. The summed E-state index contributed by atoms with van der Waals surface area (Å²) in [5, 5.41) is 15.0. The third-order valence-corrected chi connectivity index (χ3v) is 6.71. The van der Waals surface area contributed by atoms with Gasteiger partial charge in [0.25, 0.3) is 0 Å². The van der Waals surface area contributed by atoms with Crippen LogP contribution in [0.2, 0.25) is 0 Å². The number of ether oxygens (including phenoxy) is 1. The Balaban J connectivity index is 1.96. The molecule has 2 aromatic carbocycles. The summed E-state index contributed by atoms with van der Waals surface area (Å²) in [6, 6.07) is 10.9. The lowest BCUT2D eigenvalue weighted by Gasteiger charge is -2.55. The molecular formula is C22H26FNO2. The fraction of sp³-hybridized carbons (Fsp3) is 0.455. The van der Waals surface area contributed by atoms with Gasteiger partial charge >= 0.3 is 0 Å². The second kappa shape index (κ2) is 5.46. The molecule has 26 heavy (non-hydrogen) atoms. The van der Waals surface area contributed by atoms with Crippen molar-refractivity contribution in [3.63, 3.8) is 0 Å². The Labute approximate surface area is 154 Å². The third-order valence-electron chi connectivity index (χ3n) is 6.71. The van der Waals surface area contributed by atoms with Crippen molar-refractivity contribution < 1.29 is 14.2 Å². The Morgan fingerprint density at radius 2 is 1.81 bits per heavy atom. The van der Waals surface area contributed by atoms with Gasteiger partial charge in [0.1, 0.15) is 11.6 Å². The fourth-order valence-electron chi connectivity index (χ4n) is 5.19. The molecule has 3 nitrogen and oxygen atoms in total. The number of anilines is 1. The zero-order valence-corrected chi connectivity index (χ0v) is 15.8. The summed E-state index contributed by atoms with van der Waals surface area (Å²) in [6.07, 6.45) is 2.59. The normalized spacial score (nSPS) is 28.8. The number of halogens is 1. The Morgan fingerprint density at radius 1 is 1.08 bits per heavy atom. The third kappa shape index (κ3) is 2.08. The lowest BCUT2D eigenvalue weighted by molar-refractivity contribution is -0.0628. The number of aliphatic hydroxyl groups is 1. The van der Waals surface area contributed by atoms with Gasteiger partial charge in [-0.2, -0.15) is 0 Å². The SMILES string of the molecule is COc1ccccc1-c1cc2c(cc1F)NC(C)(C)C1(O)CCCC21C. The van der Waals surface area contributed by atoms with E-state index in [0.29, 0.717) is 11.3 Å². The minimum Gasteiger partial charge on any atom is -0.496 e. The number of para-hydroxylation sites is 1. The van der Waals surface area contributed by atoms with E-state index >= 15 is 4.39 Å². The quantitative estimate of drug-likeness (QED) is 0.807. The summed E-state index contributed by atoms with van der Waals surface area (Å²) in [4.78, 5) is 0. The van der Waals surface area contributed by atoms with Crippen LogP contribution in [0.3, 0.4) is 0 Å². The Morgan fingerprint density at radius 3 is 2.54 bits per heavy atom. The Bertz CT molecular complexity index is 878. The van der Waals surface area contributed by atoms with Gasteiger partial charge in [-0.1, -0.05) is 25.1 Å². The van der Waals surface area contributed by atoms with E-state index < -0.39 is 16.6 Å². The Kier molecular flexibility index (Phi) is 3.65. The molecule has 1 heterocycles. The molecule has 2 atom stereocenters. The van der Waals surface area contributed by atoms with Crippen LogP contribution in [0.15, 0.2) is 36.4 Å². The molecule has 2 N–H and O–H groups in total. The first-order valence-electron chi connectivity index (χ1n) is 9.21. The predicted molar refractivity (Wildman–Crippen MR) is 102 cm³/mol. The first-order chi connectivity index (χ1) is 12.2. The molecule has 1 aliphatic carbocycles. The molecule has 2 aromatic rings. The highest BCUT2D eigenvalue weighted by atomic mass is 19.1. The first-order valence-corrected chi connectivity index (χ1v) is 9.21.